The van der Waals surface area contributed by atoms with Crippen molar-refractivity contribution in [3.05, 3.63) is 35.8 Å². The van der Waals surface area contributed by atoms with Gasteiger partial charge < -0.3 is 9.64 Å². The van der Waals surface area contributed by atoms with Crippen molar-refractivity contribution >= 4 is 5.91 Å². The number of nitrogens with zero attached hydrogens (tertiary/aromatic N) is 5. The summed E-state index contributed by atoms with van der Waals surface area (Å²) in [6.07, 6.45) is 1.60. The molecule has 7 nitrogen and oxygen atoms in total. The lowest BCUT2D eigenvalue weighted by molar-refractivity contribution is 0.0155. The molecule has 3 heterocycles. The summed E-state index contributed by atoms with van der Waals surface area (Å²) in [4.78, 5) is 18.0. The first-order valence-corrected chi connectivity index (χ1v) is 6.38. The van der Waals surface area contributed by atoms with Crippen LogP contribution in [0.25, 0.3) is 0 Å². The maximum atomic E-state index is 12.0. The fraction of sp³-hybridized carbons (Fsp3) is 0.385. The molecule has 104 valence electrons. The van der Waals surface area contributed by atoms with Gasteiger partial charge in [-0.25, -0.2) is 4.98 Å². The maximum absolute atomic E-state index is 12.0. The number of carbonyl (C=O) groups excluding carboxylic acids is 1. The Morgan fingerprint density at radius 3 is 2.85 bits per heavy atom. The standard InChI is InChI=1S/C13H15N5O2/c1-9-4-3-5-12(14-9)20-10-6-18(7-10)13(19)11-8-17(2)16-15-11/h3-5,8,10H,6-7H2,1-2H3. The Labute approximate surface area is 116 Å². The van der Waals surface area contributed by atoms with Crippen molar-refractivity contribution in [1.29, 1.82) is 0 Å². The van der Waals surface area contributed by atoms with Crippen molar-refractivity contribution in [2.24, 2.45) is 7.05 Å². The van der Waals surface area contributed by atoms with Crippen molar-refractivity contribution < 1.29 is 9.53 Å². The van der Waals surface area contributed by atoms with E-state index in [2.05, 4.69) is 15.3 Å². The second-order valence-electron chi connectivity index (χ2n) is 4.84. The summed E-state index contributed by atoms with van der Waals surface area (Å²) in [5.74, 6) is 0.483. The molecule has 20 heavy (non-hydrogen) atoms. The minimum atomic E-state index is -0.116. The van der Waals surface area contributed by atoms with E-state index in [0.29, 0.717) is 24.7 Å². The van der Waals surface area contributed by atoms with E-state index in [1.807, 2.05) is 25.1 Å². The van der Waals surface area contributed by atoms with E-state index in [-0.39, 0.29) is 12.0 Å². The molecule has 1 saturated heterocycles. The fourth-order valence-electron chi connectivity index (χ4n) is 2.04. The van der Waals surface area contributed by atoms with Gasteiger partial charge in [0, 0.05) is 18.8 Å². The van der Waals surface area contributed by atoms with Crippen molar-refractivity contribution in [3.8, 4) is 5.88 Å². The van der Waals surface area contributed by atoms with Crippen LogP contribution >= 0.6 is 0 Å². The summed E-state index contributed by atoms with van der Waals surface area (Å²) in [5, 5.41) is 7.56. The van der Waals surface area contributed by atoms with E-state index in [1.165, 1.54) is 4.68 Å². The van der Waals surface area contributed by atoms with E-state index in [9.17, 15) is 4.79 Å². The molecule has 0 aromatic carbocycles. The monoisotopic (exact) mass is 273 g/mol. The van der Waals surface area contributed by atoms with Gasteiger partial charge >= 0.3 is 0 Å². The molecule has 0 N–H and O–H groups in total. The highest BCUT2D eigenvalue weighted by molar-refractivity contribution is 5.92. The summed E-state index contributed by atoms with van der Waals surface area (Å²) in [5.41, 5.74) is 1.27. The number of ether oxygens (including phenoxy) is 1. The van der Waals surface area contributed by atoms with E-state index in [0.717, 1.165) is 5.69 Å². The summed E-state index contributed by atoms with van der Waals surface area (Å²) < 4.78 is 7.22. The molecule has 1 amide bonds. The first kappa shape index (κ1) is 12.6. The molecule has 2 aromatic rings. The van der Waals surface area contributed by atoms with Crippen LogP contribution in [0.1, 0.15) is 16.2 Å². The van der Waals surface area contributed by atoms with E-state index < -0.39 is 0 Å². The van der Waals surface area contributed by atoms with Gasteiger partial charge in [0.15, 0.2) is 5.69 Å². The molecule has 1 aliphatic heterocycles. The molecular formula is C13H15N5O2. The van der Waals surface area contributed by atoms with Crippen LogP contribution in [-0.4, -0.2) is 50.0 Å². The quantitative estimate of drug-likeness (QED) is 0.810. The zero-order valence-corrected chi connectivity index (χ0v) is 11.4. The molecule has 7 heteroatoms. The number of aryl methyl sites for hydroxylation is 2. The molecule has 0 bridgehead atoms. The van der Waals surface area contributed by atoms with Crippen LogP contribution in [-0.2, 0) is 7.05 Å². The SMILES string of the molecule is Cc1cccc(OC2CN(C(=O)c3cn(C)nn3)C2)n1. The predicted octanol–water partition coefficient (Wildman–Crippen LogP) is 0.422. The van der Waals surface area contributed by atoms with Gasteiger partial charge in [-0.05, 0) is 13.0 Å². The zero-order valence-electron chi connectivity index (χ0n) is 11.4. The number of rotatable bonds is 3. The van der Waals surface area contributed by atoms with Crippen LogP contribution in [0.4, 0.5) is 0 Å². The fourth-order valence-corrected chi connectivity index (χ4v) is 2.04. The van der Waals surface area contributed by atoms with Crippen LogP contribution < -0.4 is 4.74 Å². The van der Waals surface area contributed by atoms with Gasteiger partial charge in [-0.15, -0.1) is 5.10 Å². The molecule has 0 unspecified atom stereocenters. The Morgan fingerprint density at radius 2 is 2.20 bits per heavy atom. The van der Waals surface area contributed by atoms with E-state index in [1.54, 1.807) is 18.1 Å². The normalized spacial score (nSPS) is 15.0. The van der Waals surface area contributed by atoms with E-state index in [4.69, 9.17) is 4.74 Å². The van der Waals surface area contributed by atoms with E-state index >= 15 is 0 Å². The minimum absolute atomic E-state index is 0.00933. The molecule has 3 rings (SSSR count). The first-order chi connectivity index (χ1) is 9.61. The molecule has 0 radical (unpaired) electrons. The number of carbonyl (C=O) groups is 1. The highest BCUT2D eigenvalue weighted by atomic mass is 16.5. The van der Waals surface area contributed by atoms with Gasteiger partial charge in [0.05, 0.1) is 19.3 Å². The van der Waals surface area contributed by atoms with Crippen molar-refractivity contribution in [3.63, 3.8) is 0 Å². The lowest BCUT2D eigenvalue weighted by atomic mass is 10.1. The van der Waals surface area contributed by atoms with Crippen molar-refractivity contribution in [2.45, 2.75) is 13.0 Å². The smallest absolute Gasteiger partial charge is 0.276 e. The number of hydrogen-bond acceptors (Lipinski definition) is 5. The zero-order chi connectivity index (χ0) is 14.1. The summed E-state index contributed by atoms with van der Waals surface area (Å²) in [6, 6.07) is 5.64. The van der Waals surface area contributed by atoms with Crippen LogP contribution in [0.5, 0.6) is 5.88 Å². The molecular weight excluding hydrogens is 258 g/mol. The Kier molecular flexibility index (Phi) is 3.09. The topological polar surface area (TPSA) is 73.1 Å². The number of pyridine rings is 1. The third kappa shape index (κ3) is 2.47. The third-order valence-corrected chi connectivity index (χ3v) is 3.11. The van der Waals surface area contributed by atoms with Gasteiger partial charge in [-0.3, -0.25) is 9.48 Å². The Balaban J connectivity index is 1.55. The van der Waals surface area contributed by atoms with Gasteiger partial charge in [0.25, 0.3) is 5.91 Å². The van der Waals surface area contributed by atoms with Crippen LogP contribution in [0, 0.1) is 6.92 Å². The molecule has 0 atom stereocenters. The first-order valence-electron chi connectivity index (χ1n) is 6.38. The second-order valence-corrected chi connectivity index (χ2v) is 4.84. The second kappa shape index (κ2) is 4.92. The molecule has 0 saturated carbocycles. The van der Waals surface area contributed by atoms with Crippen LogP contribution in [0.3, 0.4) is 0 Å². The summed E-state index contributed by atoms with van der Waals surface area (Å²) >= 11 is 0. The molecule has 0 aliphatic carbocycles. The van der Waals surface area contributed by atoms with Gasteiger partial charge in [0.2, 0.25) is 5.88 Å². The number of hydrogen-bond donors (Lipinski definition) is 0. The molecule has 1 fully saturated rings. The van der Waals surface area contributed by atoms with Gasteiger partial charge in [-0.2, -0.15) is 0 Å². The summed E-state index contributed by atoms with van der Waals surface area (Å²) in [6.45, 7) is 3.01. The molecule has 2 aromatic heterocycles. The lowest BCUT2D eigenvalue weighted by Crippen LogP contribution is -2.56. The van der Waals surface area contributed by atoms with Gasteiger partial charge in [0.1, 0.15) is 6.10 Å². The Bertz CT molecular complexity index is 633. The highest BCUT2D eigenvalue weighted by Gasteiger charge is 2.34. The minimum Gasteiger partial charge on any atom is -0.471 e. The Morgan fingerprint density at radius 1 is 1.40 bits per heavy atom. The van der Waals surface area contributed by atoms with Crippen molar-refractivity contribution in [2.75, 3.05) is 13.1 Å². The van der Waals surface area contributed by atoms with Crippen LogP contribution in [0.2, 0.25) is 0 Å². The molecule has 1 aliphatic rings. The van der Waals surface area contributed by atoms with Gasteiger partial charge in [-0.1, -0.05) is 11.3 Å². The average Bonchev–Trinajstić information content (AvgIpc) is 2.79. The predicted molar refractivity (Wildman–Crippen MR) is 70.3 cm³/mol. The Hall–Kier alpha value is -2.44. The largest absolute Gasteiger partial charge is 0.471 e. The highest BCUT2D eigenvalue weighted by Crippen LogP contribution is 2.18. The lowest BCUT2D eigenvalue weighted by Gasteiger charge is -2.38. The maximum Gasteiger partial charge on any atom is 0.276 e. The number of aromatic nitrogens is 4. The van der Waals surface area contributed by atoms with Crippen LogP contribution in [0.15, 0.2) is 24.4 Å². The number of likely N-dealkylation sites (tertiary alicyclic amines) is 1. The van der Waals surface area contributed by atoms with Crippen molar-refractivity contribution in [1.82, 2.24) is 24.9 Å². The molecule has 0 spiro atoms. The third-order valence-electron chi connectivity index (χ3n) is 3.11. The average molecular weight is 273 g/mol. The summed E-state index contributed by atoms with van der Waals surface area (Å²) in [7, 11) is 1.73. The number of amides is 1.